The third-order valence-electron chi connectivity index (χ3n) is 3.58. The fourth-order valence-electron chi connectivity index (χ4n) is 2.21. The van der Waals surface area contributed by atoms with Crippen LogP contribution in [0.3, 0.4) is 0 Å². The van der Waals surface area contributed by atoms with Gasteiger partial charge in [0.1, 0.15) is 0 Å². The van der Waals surface area contributed by atoms with Crippen LogP contribution in [0.25, 0.3) is 5.57 Å². The highest BCUT2D eigenvalue weighted by molar-refractivity contribution is 5.64. The molecule has 0 heteroatoms. The lowest BCUT2D eigenvalue weighted by Gasteiger charge is -2.10. The molecular weight excluding hydrogens is 216 g/mol. The molecule has 1 rings (SSSR count). The quantitative estimate of drug-likeness (QED) is 0.569. The maximum Gasteiger partial charge on any atom is -0.0225 e. The molecule has 0 bridgehead atoms. The van der Waals surface area contributed by atoms with Crippen molar-refractivity contribution in [3.63, 3.8) is 0 Å². The molecule has 0 aliphatic rings. The number of hydrogen-bond acceptors (Lipinski definition) is 0. The van der Waals surface area contributed by atoms with Gasteiger partial charge in [0.05, 0.1) is 0 Å². The van der Waals surface area contributed by atoms with Crippen molar-refractivity contribution in [1.82, 2.24) is 0 Å². The van der Waals surface area contributed by atoms with Crippen molar-refractivity contribution in [1.29, 1.82) is 0 Å². The van der Waals surface area contributed by atoms with E-state index in [0.717, 1.165) is 0 Å². The number of aryl methyl sites for hydroxylation is 2. The van der Waals surface area contributed by atoms with Crippen molar-refractivity contribution in [2.24, 2.45) is 0 Å². The Morgan fingerprint density at radius 3 is 1.83 bits per heavy atom. The lowest BCUT2D eigenvalue weighted by atomic mass is 9.96. The second-order valence-corrected chi connectivity index (χ2v) is 5.22. The number of rotatable bonds is 7. The van der Waals surface area contributed by atoms with Gasteiger partial charge >= 0.3 is 0 Å². The normalized spacial score (nSPS) is 11.9. The minimum absolute atomic E-state index is 1.22. The Morgan fingerprint density at radius 1 is 0.944 bits per heavy atom. The summed E-state index contributed by atoms with van der Waals surface area (Å²) >= 11 is 0. The first-order valence-electron chi connectivity index (χ1n) is 7.47. The molecule has 0 aromatic heterocycles. The van der Waals surface area contributed by atoms with E-state index in [1.165, 1.54) is 60.8 Å². The summed E-state index contributed by atoms with van der Waals surface area (Å²) in [5.74, 6) is 0. The number of hydrogen-bond donors (Lipinski definition) is 0. The van der Waals surface area contributed by atoms with Crippen LogP contribution in [0.2, 0.25) is 0 Å². The van der Waals surface area contributed by atoms with Crippen LogP contribution in [-0.2, 0) is 12.8 Å². The molecule has 1 aromatic rings. The van der Waals surface area contributed by atoms with Crippen molar-refractivity contribution in [3.8, 4) is 0 Å². The van der Waals surface area contributed by atoms with E-state index in [2.05, 4.69) is 52.0 Å². The Kier molecular flexibility index (Phi) is 6.78. The van der Waals surface area contributed by atoms with Crippen LogP contribution in [0.4, 0.5) is 0 Å². The van der Waals surface area contributed by atoms with Gasteiger partial charge in [0.25, 0.3) is 0 Å². The molecule has 18 heavy (non-hydrogen) atoms. The highest BCUT2D eigenvalue weighted by atomic mass is 14.1. The molecule has 0 spiro atoms. The van der Waals surface area contributed by atoms with Crippen molar-refractivity contribution < 1.29 is 0 Å². The molecule has 100 valence electrons. The molecule has 0 N–H and O–H groups in total. The first kappa shape index (κ1) is 15.0. The van der Waals surface area contributed by atoms with E-state index < -0.39 is 0 Å². The molecule has 0 aliphatic heterocycles. The second-order valence-electron chi connectivity index (χ2n) is 5.22. The predicted octanol–water partition coefficient (Wildman–Crippen LogP) is 5.80. The number of allylic oxidation sites excluding steroid dienone is 2. The zero-order valence-electron chi connectivity index (χ0n) is 12.6. The number of benzene rings is 1. The summed E-state index contributed by atoms with van der Waals surface area (Å²) in [6, 6.07) is 7.17. The van der Waals surface area contributed by atoms with Crippen molar-refractivity contribution in [3.05, 3.63) is 41.0 Å². The highest BCUT2D eigenvalue weighted by Crippen LogP contribution is 2.20. The summed E-state index contributed by atoms with van der Waals surface area (Å²) < 4.78 is 0. The summed E-state index contributed by atoms with van der Waals surface area (Å²) in [5.41, 5.74) is 5.84. The molecule has 0 aliphatic carbocycles. The van der Waals surface area contributed by atoms with Gasteiger partial charge in [-0.1, -0.05) is 51.0 Å². The summed E-state index contributed by atoms with van der Waals surface area (Å²) in [6.45, 7) is 8.86. The first-order chi connectivity index (χ1) is 8.71. The van der Waals surface area contributed by atoms with Crippen molar-refractivity contribution in [2.75, 3.05) is 0 Å². The Hall–Kier alpha value is -1.04. The molecule has 0 radical (unpaired) electrons. The standard InChI is InChI=1S/C18H28/c1-5-8-10-16-12-17(11-9-6-2)14-18(13-16)15(4)7-3/h7,12-14H,5-6,8-11H2,1-4H3/b15-7-. The topological polar surface area (TPSA) is 0 Å². The van der Waals surface area contributed by atoms with Gasteiger partial charge in [-0.05, 0) is 61.8 Å². The van der Waals surface area contributed by atoms with E-state index in [-0.39, 0.29) is 0 Å². The second kappa shape index (κ2) is 8.13. The third-order valence-corrected chi connectivity index (χ3v) is 3.58. The summed E-state index contributed by atoms with van der Waals surface area (Å²) in [4.78, 5) is 0. The zero-order chi connectivity index (χ0) is 13.4. The molecule has 0 fully saturated rings. The van der Waals surface area contributed by atoms with Gasteiger partial charge in [-0.25, -0.2) is 0 Å². The fourth-order valence-corrected chi connectivity index (χ4v) is 2.21. The first-order valence-corrected chi connectivity index (χ1v) is 7.47. The van der Waals surface area contributed by atoms with Crippen LogP contribution in [0.5, 0.6) is 0 Å². The van der Waals surface area contributed by atoms with E-state index in [1.807, 2.05) is 0 Å². The summed E-state index contributed by atoms with van der Waals surface area (Å²) in [7, 11) is 0. The van der Waals surface area contributed by atoms with E-state index in [9.17, 15) is 0 Å². The minimum atomic E-state index is 1.22. The highest BCUT2D eigenvalue weighted by Gasteiger charge is 2.02. The van der Waals surface area contributed by atoms with Gasteiger partial charge in [-0.15, -0.1) is 0 Å². The monoisotopic (exact) mass is 244 g/mol. The van der Waals surface area contributed by atoms with Crippen molar-refractivity contribution >= 4 is 5.57 Å². The Bertz CT molecular complexity index is 359. The van der Waals surface area contributed by atoms with Crippen LogP contribution in [0.15, 0.2) is 24.3 Å². The van der Waals surface area contributed by atoms with Crippen LogP contribution in [0, 0.1) is 0 Å². The third kappa shape index (κ3) is 4.68. The van der Waals surface area contributed by atoms with E-state index in [0.29, 0.717) is 0 Å². The molecule has 0 nitrogen and oxygen atoms in total. The molecule has 0 amide bonds. The Morgan fingerprint density at radius 2 is 1.44 bits per heavy atom. The molecule has 0 unspecified atom stereocenters. The van der Waals surface area contributed by atoms with Crippen molar-refractivity contribution in [2.45, 2.75) is 66.2 Å². The largest absolute Gasteiger partial charge is 0.0841 e. The smallest absolute Gasteiger partial charge is 0.0225 e. The predicted molar refractivity (Wildman–Crippen MR) is 83.0 cm³/mol. The van der Waals surface area contributed by atoms with Gasteiger partial charge in [0.2, 0.25) is 0 Å². The van der Waals surface area contributed by atoms with Gasteiger partial charge in [0, 0.05) is 0 Å². The van der Waals surface area contributed by atoms with Gasteiger partial charge in [-0.3, -0.25) is 0 Å². The molecule has 0 saturated heterocycles. The van der Waals surface area contributed by atoms with E-state index >= 15 is 0 Å². The molecule has 0 atom stereocenters. The maximum atomic E-state index is 2.41. The molecule has 0 saturated carbocycles. The molecular formula is C18H28. The Labute approximate surface area is 113 Å². The van der Waals surface area contributed by atoms with Gasteiger partial charge in [0.15, 0.2) is 0 Å². The maximum absolute atomic E-state index is 2.41. The average molecular weight is 244 g/mol. The Balaban J connectivity index is 2.95. The van der Waals surface area contributed by atoms with E-state index in [4.69, 9.17) is 0 Å². The SMILES string of the molecule is C/C=C(/C)c1cc(CCCC)cc(CCCC)c1. The van der Waals surface area contributed by atoms with Gasteiger partial charge < -0.3 is 0 Å². The minimum Gasteiger partial charge on any atom is -0.0841 e. The molecule has 0 heterocycles. The number of unbranched alkanes of at least 4 members (excludes halogenated alkanes) is 2. The zero-order valence-corrected chi connectivity index (χ0v) is 12.6. The lowest BCUT2D eigenvalue weighted by Crippen LogP contribution is -1.93. The van der Waals surface area contributed by atoms with Crippen LogP contribution < -0.4 is 0 Å². The van der Waals surface area contributed by atoms with Gasteiger partial charge in [-0.2, -0.15) is 0 Å². The van der Waals surface area contributed by atoms with Crippen LogP contribution in [-0.4, -0.2) is 0 Å². The lowest BCUT2D eigenvalue weighted by molar-refractivity contribution is 0.780. The fraction of sp³-hybridized carbons (Fsp3) is 0.556. The van der Waals surface area contributed by atoms with Crippen LogP contribution >= 0.6 is 0 Å². The van der Waals surface area contributed by atoms with Crippen LogP contribution in [0.1, 0.15) is 70.1 Å². The van der Waals surface area contributed by atoms with E-state index in [1.54, 1.807) is 0 Å². The summed E-state index contributed by atoms with van der Waals surface area (Å²) in [5, 5.41) is 0. The average Bonchev–Trinajstić information content (AvgIpc) is 2.41. The summed E-state index contributed by atoms with van der Waals surface area (Å²) in [6.07, 6.45) is 9.80. The molecule has 1 aromatic carbocycles.